The fourth-order valence-electron chi connectivity index (χ4n) is 4.93. The fraction of sp³-hybridized carbons (Fsp3) is 0.296. The summed E-state index contributed by atoms with van der Waals surface area (Å²) in [5.41, 5.74) is -9.74. The zero-order valence-electron chi connectivity index (χ0n) is 20.7. The predicted molar refractivity (Wildman–Crippen MR) is 128 cm³/mol. The van der Waals surface area contributed by atoms with E-state index in [-0.39, 0.29) is 11.1 Å². The second-order valence-electron chi connectivity index (χ2n) is 9.33. The summed E-state index contributed by atoms with van der Waals surface area (Å²) in [4.78, 5) is 3.15. The van der Waals surface area contributed by atoms with Crippen LogP contribution in [0.15, 0.2) is 76.8 Å². The van der Waals surface area contributed by atoms with E-state index in [0.717, 1.165) is 24.3 Å². The molecule has 1 N–H and O–H groups in total. The minimum atomic E-state index is -6.14. The van der Waals surface area contributed by atoms with Crippen LogP contribution in [0.2, 0.25) is 0 Å². The van der Waals surface area contributed by atoms with Crippen LogP contribution in [0.4, 0.5) is 58.4 Å². The second kappa shape index (κ2) is 9.98. The Morgan fingerprint density at radius 3 is 1.95 bits per heavy atom. The van der Waals surface area contributed by atoms with Crippen LogP contribution in [0.25, 0.3) is 5.57 Å². The first-order chi connectivity index (χ1) is 18.8. The van der Waals surface area contributed by atoms with E-state index in [4.69, 9.17) is 0 Å². The standard InChI is InChI=1S/C27H18F12N2/c1-14-4-2-3-5-17(14)22-18-8-6-15(40-12-23(28,29)30)10-20(18)25(26(34,35)36,27(37,38)39)21-11-16(7-9-19(21)22)41-13-24(31,32)33/h2-11,40H,12-13H2,1H3. The van der Waals surface area contributed by atoms with Crippen LogP contribution in [0.1, 0.15) is 22.3 Å². The highest BCUT2D eigenvalue weighted by molar-refractivity contribution is 6.09. The van der Waals surface area contributed by atoms with Gasteiger partial charge in [0, 0.05) is 5.69 Å². The van der Waals surface area contributed by atoms with Crippen LogP contribution in [0.5, 0.6) is 0 Å². The molecule has 4 rings (SSSR count). The predicted octanol–water partition coefficient (Wildman–Crippen LogP) is 8.65. The number of nitrogens with zero attached hydrogens (tertiary/aromatic N) is 1. The van der Waals surface area contributed by atoms with Gasteiger partial charge in [-0.25, -0.2) is 0 Å². The Morgan fingerprint density at radius 2 is 1.39 bits per heavy atom. The van der Waals surface area contributed by atoms with Gasteiger partial charge in [-0.2, -0.15) is 52.7 Å². The van der Waals surface area contributed by atoms with E-state index in [9.17, 15) is 52.7 Å². The molecule has 2 aromatic carbocycles. The molecule has 2 nitrogen and oxygen atoms in total. The molecule has 2 aromatic rings. The molecule has 0 amide bonds. The van der Waals surface area contributed by atoms with Crippen molar-refractivity contribution in [3.05, 3.63) is 94.1 Å². The number of aryl methyl sites for hydroxylation is 1. The van der Waals surface area contributed by atoms with Gasteiger partial charge in [0.25, 0.3) is 0 Å². The summed E-state index contributed by atoms with van der Waals surface area (Å²) in [5.74, 6) is 0. The van der Waals surface area contributed by atoms with Crippen molar-refractivity contribution in [2.45, 2.75) is 37.0 Å². The Balaban J connectivity index is 2.14. The number of benzene rings is 2. The van der Waals surface area contributed by atoms with Crippen molar-refractivity contribution >= 4 is 17.0 Å². The van der Waals surface area contributed by atoms with Gasteiger partial charge in [0.05, 0.1) is 5.71 Å². The van der Waals surface area contributed by atoms with Gasteiger partial charge in [-0.15, -0.1) is 0 Å². The third-order valence-electron chi connectivity index (χ3n) is 6.57. The maximum absolute atomic E-state index is 14.9. The van der Waals surface area contributed by atoms with E-state index >= 15 is 0 Å². The smallest absolute Gasteiger partial charge is 0.376 e. The topological polar surface area (TPSA) is 24.4 Å². The number of hydrogen-bond donors (Lipinski definition) is 1. The van der Waals surface area contributed by atoms with Crippen molar-refractivity contribution in [1.82, 2.24) is 0 Å². The van der Waals surface area contributed by atoms with E-state index in [1.54, 1.807) is 24.4 Å². The van der Waals surface area contributed by atoms with Crippen molar-refractivity contribution in [3.8, 4) is 0 Å². The van der Waals surface area contributed by atoms with Gasteiger partial charge in [-0.05, 0) is 70.2 Å². The lowest BCUT2D eigenvalue weighted by molar-refractivity contribution is -0.289. The van der Waals surface area contributed by atoms with Crippen LogP contribution < -0.4 is 5.32 Å². The first-order valence-corrected chi connectivity index (χ1v) is 11.7. The molecular formula is C27H18F12N2. The van der Waals surface area contributed by atoms with E-state index in [2.05, 4.69) is 4.99 Å². The molecule has 0 spiro atoms. The van der Waals surface area contributed by atoms with Gasteiger partial charge in [-0.3, -0.25) is 4.99 Å². The highest BCUT2D eigenvalue weighted by Crippen LogP contribution is 2.63. The fourth-order valence-corrected chi connectivity index (χ4v) is 4.93. The lowest BCUT2D eigenvalue weighted by Gasteiger charge is -2.45. The first kappa shape index (κ1) is 30.3. The molecule has 0 unspecified atom stereocenters. The molecule has 0 heterocycles. The minimum Gasteiger partial charge on any atom is -0.376 e. The zero-order valence-corrected chi connectivity index (χ0v) is 20.7. The average Bonchev–Trinajstić information content (AvgIpc) is 2.82. The van der Waals surface area contributed by atoms with Crippen molar-refractivity contribution in [2.75, 3.05) is 18.4 Å². The van der Waals surface area contributed by atoms with Crippen LogP contribution >= 0.6 is 0 Å². The van der Waals surface area contributed by atoms with Crippen LogP contribution in [-0.4, -0.2) is 43.5 Å². The molecule has 41 heavy (non-hydrogen) atoms. The summed E-state index contributed by atoms with van der Waals surface area (Å²) in [5, 5.41) is 1.80. The van der Waals surface area contributed by atoms with E-state index in [1.807, 2.05) is 0 Å². The third kappa shape index (κ3) is 5.60. The van der Waals surface area contributed by atoms with Gasteiger partial charge in [0.15, 0.2) is 0 Å². The number of nitrogens with one attached hydrogen (secondary N) is 1. The Hall–Kier alpha value is -3.71. The molecule has 14 heteroatoms. The Morgan fingerprint density at radius 1 is 0.756 bits per heavy atom. The molecule has 0 atom stereocenters. The molecular weight excluding hydrogens is 580 g/mol. The van der Waals surface area contributed by atoms with Gasteiger partial charge in [0.1, 0.15) is 13.1 Å². The highest BCUT2D eigenvalue weighted by Gasteiger charge is 2.75. The van der Waals surface area contributed by atoms with Gasteiger partial charge in [-0.1, -0.05) is 36.4 Å². The molecule has 0 bridgehead atoms. The minimum absolute atomic E-state index is 0.109. The number of halogens is 12. The zero-order chi connectivity index (χ0) is 30.6. The Bertz CT molecular complexity index is 1450. The Kier molecular flexibility index (Phi) is 7.37. The number of fused-ring (bicyclic) bond motifs is 2. The second-order valence-corrected chi connectivity index (χ2v) is 9.33. The molecule has 2 aliphatic carbocycles. The maximum atomic E-state index is 14.9. The number of rotatable bonds is 4. The largest absolute Gasteiger partial charge is 0.411 e. The normalized spacial score (nSPS) is 18.3. The molecule has 0 aromatic heterocycles. The highest BCUT2D eigenvalue weighted by atomic mass is 19.4. The lowest BCUT2D eigenvalue weighted by Crippen LogP contribution is -2.57. The van der Waals surface area contributed by atoms with Crippen molar-refractivity contribution in [2.24, 2.45) is 4.99 Å². The summed E-state index contributed by atoms with van der Waals surface area (Å²) in [6.07, 6.45) is -20.0. The summed E-state index contributed by atoms with van der Waals surface area (Å²) >= 11 is 0. The summed E-state index contributed by atoms with van der Waals surface area (Å²) in [6, 6.07) is 8.18. The van der Waals surface area contributed by atoms with Crippen molar-refractivity contribution < 1.29 is 52.7 Å². The molecule has 220 valence electrons. The van der Waals surface area contributed by atoms with Crippen molar-refractivity contribution in [1.29, 1.82) is 0 Å². The third-order valence-corrected chi connectivity index (χ3v) is 6.57. The van der Waals surface area contributed by atoms with Crippen LogP contribution in [0.3, 0.4) is 0 Å². The van der Waals surface area contributed by atoms with Gasteiger partial charge >= 0.3 is 24.7 Å². The molecule has 0 radical (unpaired) electrons. The molecule has 0 fully saturated rings. The summed E-state index contributed by atoms with van der Waals surface area (Å²) in [7, 11) is 0. The SMILES string of the molecule is Cc1ccccc1C1=C2C=CC(=NCC(F)(F)F)C=C2C(C(F)(F)F)(C(F)(F)F)c2cc(NCC(F)(F)F)ccc21. The van der Waals surface area contributed by atoms with Crippen LogP contribution in [0, 0.1) is 6.92 Å². The van der Waals surface area contributed by atoms with E-state index in [1.165, 1.54) is 12.1 Å². The van der Waals surface area contributed by atoms with E-state index in [0.29, 0.717) is 17.7 Å². The van der Waals surface area contributed by atoms with Crippen LogP contribution in [-0.2, 0) is 5.41 Å². The summed E-state index contributed by atoms with van der Waals surface area (Å²) < 4.78 is 166. The average molecular weight is 598 g/mol. The van der Waals surface area contributed by atoms with Gasteiger partial charge < -0.3 is 5.32 Å². The van der Waals surface area contributed by atoms with E-state index < -0.39 is 76.9 Å². The van der Waals surface area contributed by atoms with Gasteiger partial charge in [0.2, 0.25) is 5.41 Å². The number of allylic oxidation sites excluding steroid dienone is 5. The summed E-state index contributed by atoms with van der Waals surface area (Å²) in [6.45, 7) is -2.07. The molecule has 2 aliphatic rings. The monoisotopic (exact) mass is 598 g/mol. The maximum Gasteiger partial charge on any atom is 0.411 e. The quantitative estimate of drug-likeness (QED) is 0.350. The molecule has 0 saturated carbocycles. The number of anilines is 1. The number of alkyl halides is 12. The lowest BCUT2D eigenvalue weighted by atomic mass is 9.61. The molecule has 0 aliphatic heterocycles. The Labute approximate surface area is 224 Å². The number of aliphatic imine (C=N–C) groups is 1. The first-order valence-electron chi connectivity index (χ1n) is 11.7. The van der Waals surface area contributed by atoms with Crippen molar-refractivity contribution in [3.63, 3.8) is 0 Å². The molecule has 0 saturated heterocycles. The number of hydrogen-bond acceptors (Lipinski definition) is 2.